The SMILES string of the molecule is O=C(CN1CCN(c2ccc(Br)cn2)CC1)NNC(=O)c1ccccc1Cl. The number of piperazine rings is 1. The first-order valence-electron chi connectivity index (χ1n) is 8.45. The first kappa shape index (κ1) is 19.6. The molecule has 0 aliphatic carbocycles. The highest BCUT2D eigenvalue weighted by molar-refractivity contribution is 9.10. The molecule has 0 unspecified atom stereocenters. The highest BCUT2D eigenvalue weighted by atomic mass is 79.9. The highest BCUT2D eigenvalue weighted by Crippen LogP contribution is 2.16. The second-order valence-corrected chi connectivity index (χ2v) is 7.40. The number of anilines is 1. The molecular weight excluding hydrogens is 434 g/mol. The van der Waals surface area contributed by atoms with E-state index in [1.807, 2.05) is 17.0 Å². The molecule has 1 aliphatic rings. The lowest BCUT2D eigenvalue weighted by Gasteiger charge is -2.34. The van der Waals surface area contributed by atoms with E-state index in [1.165, 1.54) is 0 Å². The average Bonchev–Trinajstić information content (AvgIpc) is 2.68. The van der Waals surface area contributed by atoms with Gasteiger partial charge < -0.3 is 4.90 Å². The molecule has 0 saturated carbocycles. The summed E-state index contributed by atoms with van der Waals surface area (Å²) in [5, 5.41) is 0.335. The zero-order valence-electron chi connectivity index (χ0n) is 14.5. The van der Waals surface area contributed by atoms with Crippen LogP contribution < -0.4 is 15.8 Å². The summed E-state index contributed by atoms with van der Waals surface area (Å²) in [5.41, 5.74) is 5.14. The number of carbonyl (C=O) groups excluding carboxylic acids is 2. The number of hydrazine groups is 1. The Balaban J connectivity index is 1.42. The molecule has 27 heavy (non-hydrogen) atoms. The van der Waals surface area contributed by atoms with E-state index in [-0.39, 0.29) is 12.5 Å². The van der Waals surface area contributed by atoms with Crippen LogP contribution in [0.1, 0.15) is 10.4 Å². The van der Waals surface area contributed by atoms with Crippen molar-refractivity contribution in [3.63, 3.8) is 0 Å². The summed E-state index contributed by atoms with van der Waals surface area (Å²) >= 11 is 9.35. The van der Waals surface area contributed by atoms with Gasteiger partial charge in [-0.3, -0.25) is 25.3 Å². The Bertz CT molecular complexity index is 810. The Kier molecular flexibility index (Phi) is 6.65. The van der Waals surface area contributed by atoms with Crippen molar-refractivity contribution >= 4 is 45.2 Å². The topological polar surface area (TPSA) is 77.6 Å². The molecule has 1 aliphatic heterocycles. The van der Waals surface area contributed by atoms with Gasteiger partial charge in [0, 0.05) is 36.8 Å². The van der Waals surface area contributed by atoms with Crippen molar-refractivity contribution in [3.05, 3.63) is 57.7 Å². The van der Waals surface area contributed by atoms with E-state index in [0.29, 0.717) is 10.6 Å². The zero-order valence-corrected chi connectivity index (χ0v) is 16.8. The number of hydrogen-bond acceptors (Lipinski definition) is 5. The Hall–Kier alpha value is -2.16. The van der Waals surface area contributed by atoms with Crippen LogP contribution in [0.5, 0.6) is 0 Å². The maximum absolute atomic E-state index is 12.1. The molecule has 142 valence electrons. The fourth-order valence-electron chi connectivity index (χ4n) is 2.77. The number of carbonyl (C=O) groups is 2. The quantitative estimate of drug-likeness (QED) is 0.695. The zero-order chi connectivity index (χ0) is 19.2. The molecule has 1 fully saturated rings. The summed E-state index contributed by atoms with van der Waals surface area (Å²) in [4.78, 5) is 32.7. The minimum Gasteiger partial charge on any atom is -0.354 e. The van der Waals surface area contributed by atoms with Gasteiger partial charge in [-0.25, -0.2) is 4.98 Å². The molecule has 1 aromatic heterocycles. The number of rotatable bonds is 4. The fraction of sp³-hybridized carbons (Fsp3) is 0.278. The number of halogens is 2. The Morgan fingerprint density at radius 2 is 1.81 bits per heavy atom. The Labute approximate surface area is 170 Å². The van der Waals surface area contributed by atoms with Crippen LogP contribution in [0.3, 0.4) is 0 Å². The van der Waals surface area contributed by atoms with Crippen LogP contribution in [-0.4, -0.2) is 54.4 Å². The third-order valence-corrected chi connectivity index (χ3v) is 5.01. The largest absolute Gasteiger partial charge is 0.354 e. The van der Waals surface area contributed by atoms with Crippen molar-refractivity contribution in [2.75, 3.05) is 37.6 Å². The molecule has 3 rings (SSSR count). The molecule has 1 saturated heterocycles. The molecule has 2 amide bonds. The van der Waals surface area contributed by atoms with E-state index in [1.54, 1.807) is 30.5 Å². The van der Waals surface area contributed by atoms with E-state index >= 15 is 0 Å². The number of pyridine rings is 1. The van der Waals surface area contributed by atoms with Gasteiger partial charge in [-0.05, 0) is 40.2 Å². The first-order valence-corrected chi connectivity index (χ1v) is 9.62. The third kappa shape index (κ3) is 5.41. The van der Waals surface area contributed by atoms with Gasteiger partial charge in [0.25, 0.3) is 11.8 Å². The van der Waals surface area contributed by atoms with Gasteiger partial charge in [0.05, 0.1) is 17.1 Å². The lowest BCUT2D eigenvalue weighted by molar-refractivity contribution is -0.123. The van der Waals surface area contributed by atoms with Crippen LogP contribution in [0.4, 0.5) is 5.82 Å². The lowest BCUT2D eigenvalue weighted by Crippen LogP contribution is -2.52. The highest BCUT2D eigenvalue weighted by Gasteiger charge is 2.20. The fourth-order valence-corrected chi connectivity index (χ4v) is 3.23. The standard InChI is InChI=1S/C18H19BrClN5O2/c19-13-5-6-16(21-11-13)25-9-7-24(8-10-25)12-17(26)22-23-18(27)14-3-1-2-4-15(14)20/h1-6,11H,7-10,12H2,(H,22,26)(H,23,27). The van der Waals surface area contributed by atoms with Crippen molar-refractivity contribution in [2.24, 2.45) is 0 Å². The smallest absolute Gasteiger partial charge is 0.271 e. The molecule has 0 bridgehead atoms. The second-order valence-electron chi connectivity index (χ2n) is 6.08. The molecule has 0 radical (unpaired) electrons. The molecule has 0 atom stereocenters. The summed E-state index contributed by atoms with van der Waals surface area (Å²) < 4.78 is 0.945. The predicted octanol–water partition coefficient (Wildman–Crippen LogP) is 2.08. The number of amides is 2. The van der Waals surface area contributed by atoms with Gasteiger partial charge in [-0.15, -0.1) is 0 Å². The number of benzene rings is 1. The van der Waals surface area contributed by atoms with Crippen molar-refractivity contribution < 1.29 is 9.59 Å². The molecule has 0 spiro atoms. The lowest BCUT2D eigenvalue weighted by atomic mass is 10.2. The summed E-state index contributed by atoms with van der Waals surface area (Å²) in [6, 6.07) is 10.6. The maximum atomic E-state index is 12.1. The Morgan fingerprint density at radius 1 is 1.07 bits per heavy atom. The normalized spacial score (nSPS) is 14.7. The van der Waals surface area contributed by atoms with E-state index in [0.717, 1.165) is 36.5 Å². The summed E-state index contributed by atoms with van der Waals surface area (Å²) in [5.74, 6) is 0.208. The summed E-state index contributed by atoms with van der Waals surface area (Å²) in [7, 11) is 0. The second kappa shape index (κ2) is 9.16. The van der Waals surface area contributed by atoms with Gasteiger partial charge in [0.15, 0.2) is 0 Å². The van der Waals surface area contributed by atoms with Crippen LogP contribution in [0, 0.1) is 0 Å². The van der Waals surface area contributed by atoms with E-state index in [9.17, 15) is 9.59 Å². The van der Waals surface area contributed by atoms with Crippen LogP contribution in [0.2, 0.25) is 5.02 Å². The van der Waals surface area contributed by atoms with Crippen molar-refractivity contribution in [1.29, 1.82) is 0 Å². The Morgan fingerprint density at radius 3 is 2.48 bits per heavy atom. The van der Waals surface area contributed by atoms with Crippen molar-refractivity contribution in [3.8, 4) is 0 Å². The number of hydrogen-bond donors (Lipinski definition) is 2. The summed E-state index contributed by atoms with van der Waals surface area (Å²) in [6.45, 7) is 3.26. The minimum absolute atomic E-state index is 0.213. The van der Waals surface area contributed by atoms with Gasteiger partial charge in [-0.2, -0.15) is 0 Å². The van der Waals surface area contributed by atoms with E-state index in [4.69, 9.17) is 11.6 Å². The molecule has 9 heteroatoms. The van der Waals surface area contributed by atoms with Gasteiger partial charge in [-0.1, -0.05) is 23.7 Å². The average molecular weight is 453 g/mol. The van der Waals surface area contributed by atoms with Crippen LogP contribution in [-0.2, 0) is 4.79 Å². The minimum atomic E-state index is -0.444. The van der Waals surface area contributed by atoms with Crippen LogP contribution >= 0.6 is 27.5 Å². The number of nitrogens with one attached hydrogen (secondary N) is 2. The van der Waals surface area contributed by atoms with E-state index in [2.05, 4.69) is 36.7 Å². The monoisotopic (exact) mass is 451 g/mol. The molecule has 2 N–H and O–H groups in total. The first-order chi connectivity index (χ1) is 13.0. The predicted molar refractivity (Wildman–Crippen MR) is 108 cm³/mol. The maximum Gasteiger partial charge on any atom is 0.271 e. The van der Waals surface area contributed by atoms with Gasteiger partial charge in [0.2, 0.25) is 0 Å². The van der Waals surface area contributed by atoms with E-state index < -0.39 is 5.91 Å². The van der Waals surface area contributed by atoms with Gasteiger partial charge in [0.1, 0.15) is 5.82 Å². The summed E-state index contributed by atoms with van der Waals surface area (Å²) in [6.07, 6.45) is 1.77. The van der Waals surface area contributed by atoms with Crippen LogP contribution in [0.25, 0.3) is 0 Å². The molecule has 2 aromatic rings. The van der Waals surface area contributed by atoms with Crippen LogP contribution in [0.15, 0.2) is 47.1 Å². The molecule has 2 heterocycles. The van der Waals surface area contributed by atoms with Gasteiger partial charge >= 0.3 is 0 Å². The molecule has 1 aromatic carbocycles. The molecular formula is C18H19BrClN5O2. The number of nitrogens with zero attached hydrogens (tertiary/aromatic N) is 3. The van der Waals surface area contributed by atoms with Crippen molar-refractivity contribution in [1.82, 2.24) is 20.7 Å². The molecule has 7 nitrogen and oxygen atoms in total. The van der Waals surface area contributed by atoms with Crippen molar-refractivity contribution in [2.45, 2.75) is 0 Å². The third-order valence-electron chi connectivity index (χ3n) is 4.21. The number of aromatic nitrogens is 1.